The highest BCUT2D eigenvalue weighted by Crippen LogP contribution is 2.19. The second-order valence-electron chi connectivity index (χ2n) is 5.15. The number of aromatic carboxylic acids is 1. The quantitative estimate of drug-likeness (QED) is 0.773. The summed E-state index contributed by atoms with van der Waals surface area (Å²) in [6.07, 6.45) is 3.23. The number of rotatable bonds is 8. The Hall–Kier alpha value is -1.40. The van der Waals surface area contributed by atoms with Gasteiger partial charge in [-0.15, -0.1) is 0 Å². The zero-order valence-electron chi connectivity index (χ0n) is 12.7. The fourth-order valence-electron chi connectivity index (χ4n) is 2.13. The molecule has 0 fully saturated rings. The molecule has 0 saturated carbocycles. The fourth-order valence-corrected chi connectivity index (χ4v) is 3.74. The molecule has 21 heavy (non-hydrogen) atoms. The molecule has 0 bridgehead atoms. The minimum Gasteiger partial charge on any atom is -0.478 e. The molecule has 0 spiro atoms. The van der Waals surface area contributed by atoms with Crippen LogP contribution in [-0.2, 0) is 16.4 Å². The van der Waals surface area contributed by atoms with Gasteiger partial charge >= 0.3 is 5.97 Å². The third kappa shape index (κ3) is 4.82. The summed E-state index contributed by atoms with van der Waals surface area (Å²) in [7, 11) is -3.70. The summed E-state index contributed by atoms with van der Waals surface area (Å²) < 4.78 is 27.5. The van der Waals surface area contributed by atoms with Gasteiger partial charge in [0.25, 0.3) is 0 Å². The lowest BCUT2D eigenvalue weighted by molar-refractivity contribution is 0.0696. The summed E-state index contributed by atoms with van der Waals surface area (Å²) in [6.45, 7) is 5.71. The normalized spacial score (nSPS) is 13.1. The zero-order chi connectivity index (χ0) is 16.0. The molecule has 1 aromatic rings. The Labute approximate surface area is 126 Å². The van der Waals surface area contributed by atoms with Crippen LogP contribution in [-0.4, -0.2) is 25.5 Å². The molecule has 0 amide bonds. The van der Waals surface area contributed by atoms with E-state index < -0.39 is 16.0 Å². The van der Waals surface area contributed by atoms with Gasteiger partial charge in [0, 0.05) is 6.04 Å². The number of sulfonamides is 1. The lowest BCUT2D eigenvalue weighted by Gasteiger charge is -2.16. The average Bonchev–Trinajstić information content (AvgIpc) is 2.43. The van der Waals surface area contributed by atoms with Crippen LogP contribution in [0.2, 0.25) is 0 Å². The molecule has 1 unspecified atom stereocenters. The molecular weight excluding hydrogens is 290 g/mol. The lowest BCUT2D eigenvalue weighted by Crippen LogP contribution is -2.33. The van der Waals surface area contributed by atoms with E-state index in [4.69, 9.17) is 5.11 Å². The number of benzene rings is 1. The van der Waals surface area contributed by atoms with Crippen LogP contribution in [0.25, 0.3) is 0 Å². The van der Waals surface area contributed by atoms with Crippen LogP contribution in [0.4, 0.5) is 0 Å². The molecule has 6 heteroatoms. The summed E-state index contributed by atoms with van der Waals surface area (Å²) >= 11 is 0. The predicted octanol–water partition coefficient (Wildman–Crippen LogP) is 2.80. The van der Waals surface area contributed by atoms with Crippen molar-refractivity contribution >= 4 is 16.0 Å². The van der Waals surface area contributed by atoms with E-state index >= 15 is 0 Å². The van der Waals surface area contributed by atoms with Crippen molar-refractivity contribution < 1.29 is 18.3 Å². The molecule has 0 aliphatic heterocycles. The highest BCUT2D eigenvalue weighted by Gasteiger charge is 2.21. The van der Waals surface area contributed by atoms with E-state index in [1.54, 1.807) is 6.07 Å². The molecule has 1 aromatic carbocycles. The van der Waals surface area contributed by atoms with E-state index in [1.807, 2.05) is 20.8 Å². The minimum atomic E-state index is -3.70. The highest BCUT2D eigenvalue weighted by molar-refractivity contribution is 7.89. The summed E-state index contributed by atoms with van der Waals surface area (Å²) in [6, 6.07) is 4.05. The molecule has 118 valence electrons. The molecular formula is C15H23NO4S. The fraction of sp³-hybridized carbons (Fsp3) is 0.533. The van der Waals surface area contributed by atoms with Crippen molar-refractivity contribution in [1.29, 1.82) is 0 Å². The molecule has 0 saturated heterocycles. The number of carboxylic acids is 1. The number of carbonyl (C=O) groups is 1. The molecule has 1 rings (SSSR count). The van der Waals surface area contributed by atoms with Gasteiger partial charge in [-0.3, -0.25) is 0 Å². The number of nitrogens with one attached hydrogen (secondary N) is 1. The van der Waals surface area contributed by atoms with E-state index in [1.165, 1.54) is 12.1 Å². The van der Waals surface area contributed by atoms with E-state index in [9.17, 15) is 13.2 Å². The van der Waals surface area contributed by atoms with Crippen molar-refractivity contribution in [3.63, 3.8) is 0 Å². The Kier molecular flexibility index (Phi) is 6.36. The Morgan fingerprint density at radius 3 is 2.52 bits per heavy atom. The van der Waals surface area contributed by atoms with Crippen LogP contribution >= 0.6 is 0 Å². The van der Waals surface area contributed by atoms with Gasteiger partial charge in [0.05, 0.1) is 10.5 Å². The smallest absolute Gasteiger partial charge is 0.335 e. The summed E-state index contributed by atoms with van der Waals surface area (Å²) in [5.74, 6) is -1.13. The minimum absolute atomic E-state index is 0.0196. The van der Waals surface area contributed by atoms with E-state index in [0.29, 0.717) is 12.0 Å². The standard InChI is InChI=1S/C15H23NO4S/c1-4-6-7-11(3)16-21(19,20)14-10-13(15(17)18)9-8-12(14)5-2/h8-11,16H,4-7H2,1-3H3,(H,17,18). The van der Waals surface area contributed by atoms with Crippen LogP contribution in [0.1, 0.15) is 56.0 Å². The van der Waals surface area contributed by atoms with E-state index in [0.717, 1.165) is 19.3 Å². The summed E-state index contributed by atoms with van der Waals surface area (Å²) in [4.78, 5) is 11.1. The largest absolute Gasteiger partial charge is 0.478 e. The molecule has 0 aliphatic carbocycles. The molecule has 0 aromatic heterocycles. The number of carboxylic acid groups (broad SMARTS) is 1. The van der Waals surface area contributed by atoms with Gasteiger partial charge in [0.2, 0.25) is 10.0 Å². The maximum Gasteiger partial charge on any atom is 0.335 e. The number of unbranched alkanes of at least 4 members (excludes halogenated alkanes) is 1. The maximum absolute atomic E-state index is 12.5. The van der Waals surface area contributed by atoms with Gasteiger partial charge in [-0.25, -0.2) is 17.9 Å². The molecule has 5 nitrogen and oxygen atoms in total. The molecule has 1 atom stereocenters. The second kappa shape index (κ2) is 7.56. The molecule has 0 aliphatic rings. The van der Waals surface area contributed by atoms with Crippen molar-refractivity contribution in [3.8, 4) is 0 Å². The predicted molar refractivity (Wildman–Crippen MR) is 82.1 cm³/mol. The molecule has 0 radical (unpaired) electrons. The van der Waals surface area contributed by atoms with Crippen molar-refractivity contribution in [2.24, 2.45) is 0 Å². The first-order chi connectivity index (χ1) is 9.81. The molecule has 0 heterocycles. The van der Waals surface area contributed by atoms with Crippen molar-refractivity contribution in [2.75, 3.05) is 0 Å². The van der Waals surface area contributed by atoms with Crippen LogP contribution in [0.15, 0.2) is 23.1 Å². The van der Waals surface area contributed by atoms with Gasteiger partial charge in [0.1, 0.15) is 0 Å². The number of hydrogen-bond acceptors (Lipinski definition) is 3. The summed E-state index contributed by atoms with van der Waals surface area (Å²) in [5, 5.41) is 9.02. The van der Waals surface area contributed by atoms with Gasteiger partial charge in [-0.2, -0.15) is 0 Å². The Balaban J connectivity index is 3.11. The van der Waals surface area contributed by atoms with E-state index in [2.05, 4.69) is 4.72 Å². The lowest BCUT2D eigenvalue weighted by atomic mass is 10.1. The first-order valence-corrected chi connectivity index (χ1v) is 8.68. The first kappa shape index (κ1) is 17.7. The first-order valence-electron chi connectivity index (χ1n) is 7.20. The number of aryl methyl sites for hydroxylation is 1. The van der Waals surface area contributed by atoms with Gasteiger partial charge < -0.3 is 5.11 Å². The Morgan fingerprint density at radius 1 is 1.33 bits per heavy atom. The third-order valence-corrected chi connectivity index (χ3v) is 5.00. The van der Waals surface area contributed by atoms with Gasteiger partial charge in [0.15, 0.2) is 0 Å². The summed E-state index contributed by atoms with van der Waals surface area (Å²) in [5.41, 5.74) is 0.601. The maximum atomic E-state index is 12.5. The highest BCUT2D eigenvalue weighted by atomic mass is 32.2. The monoisotopic (exact) mass is 313 g/mol. The topological polar surface area (TPSA) is 83.5 Å². The van der Waals surface area contributed by atoms with Crippen molar-refractivity contribution in [1.82, 2.24) is 4.72 Å². The SMILES string of the molecule is CCCCC(C)NS(=O)(=O)c1cc(C(=O)O)ccc1CC. The van der Waals surface area contributed by atoms with Gasteiger partial charge in [-0.1, -0.05) is 32.8 Å². The van der Waals surface area contributed by atoms with Crippen LogP contribution in [0.3, 0.4) is 0 Å². The Morgan fingerprint density at radius 2 is 2.00 bits per heavy atom. The van der Waals surface area contributed by atoms with Crippen LogP contribution in [0.5, 0.6) is 0 Å². The van der Waals surface area contributed by atoms with Gasteiger partial charge in [-0.05, 0) is 37.5 Å². The number of hydrogen-bond donors (Lipinski definition) is 2. The second-order valence-corrected chi connectivity index (χ2v) is 6.83. The Bertz CT molecular complexity index is 596. The van der Waals surface area contributed by atoms with Crippen LogP contribution in [0, 0.1) is 0 Å². The van der Waals surface area contributed by atoms with Crippen LogP contribution < -0.4 is 4.72 Å². The van der Waals surface area contributed by atoms with E-state index in [-0.39, 0.29) is 16.5 Å². The average molecular weight is 313 g/mol. The molecule has 2 N–H and O–H groups in total. The van der Waals surface area contributed by atoms with Crippen molar-refractivity contribution in [2.45, 2.75) is 57.4 Å². The van der Waals surface area contributed by atoms with Crippen molar-refractivity contribution in [3.05, 3.63) is 29.3 Å². The zero-order valence-corrected chi connectivity index (χ0v) is 13.5. The third-order valence-electron chi connectivity index (χ3n) is 3.33.